The second-order valence-electron chi connectivity index (χ2n) is 7.46. The van der Waals surface area contributed by atoms with Crippen LogP contribution in [0.15, 0.2) is 83.8 Å². The number of anilines is 1. The Labute approximate surface area is 189 Å². The molecule has 2 N–H and O–H groups in total. The lowest BCUT2D eigenvalue weighted by Gasteiger charge is -2.25. The largest absolute Gasteiger partial charge is 0.497 e. The fourth-order valence-electron chi connectivity index (χ4n) is 3.22. The van der Waals surface area contributed by atoms with Crippen LogP contribution in [0.25, 0.3) is 0 Å². The van der Waals surface area contributed by atoms with Crippen molar-refractivity contribution in [1.82, 2.24) is 10.2 Å². The number of likely N-dealkylation sites (N-methyl/N-ethyl adjacent to an activating group) is 1. The van der Waals surface area contributed by atoms with Crippen LogP contribution in [0, 0.1) is 0 Å². The topological polar surface area (TPSA) is 87.7 Å². The van der Waals surface area contributed by atoms with E-state index in [2.05, 4.69) is 10.0 Å². The Kier molecular flexibility index (Phi) is 7.50. The summed E-state index contributed by atoms with van der Waals surface area (Å²) in [5.41, 5.74) is 1.89. The number of hydrogen-bond acceptors (Lipinski definition) is 5. The van der Waals surface area contributed by atoms with E-state index in [4.69, 9.17) is 4.74 Å². The van der Waals surface area contributed by atoms with Crippen molar-refractivity contribution in [3.63, 3.8) is 0 Å². The number of benzene rings is 3. The predicted molar refractivity (Wildman–Crippen MR) is 125 cm³/mol. The Morgan fingerprint density at radius 1 is 0.938 bits per heavy atom. The van der Waals surface area contributed by atoms with Crippen molar-refractivity contribution >= 4 is 21.6 Å². The number of amides is 1. The number of rotatable bonds is 9. The molecule has 0 aliphatic rings. The van der Waals surface area contributed by atoms with Gasteiger partial charge >= 0.3 is 0 Å². The van der Waals surface area contributed by atoms with Crippen molar-refractivity contribution in [3.8, 4) is 5.75 Å². The molecule has 0 aliphatic carbocycles. The Balaban J connectivity index is 1.63. The smallest absolute Gasteiger partial charge is 0.261 e. The van der Waals surface area contributed by atoms with Gasteiger partial charge in [-0.05, 0) is 68.2 Å². The van der Waals surface area contributed by atoms with Gasteiger partial charge in [-0.2, -0.15) is 0 Å². The van der Waals surface area contributed by atoms with Crippen molar-refractivity contribution in [2.75, 3.05) is 32.5 Å². The van der Waals surface area contributed by atoms with E-state index in [0.717, 1.165) is 11.3 Å². The molecule has 0 radical (unpaired) electrons. The summed E-state index contributed by atoms with van der Waals surface area (Å²) in [6, 6.07) is 22.2. The molecule has 3 aromatic rings. The van der Waals surface area contributed by atoms with Crippen LogP contribution in [-0.2, 0) is 10.0 Å². The van der Waals surface area contributed by atoms with Gasteiger partial charge in [0.2, 0.25) is 0 Å². The number of carbonyl (C=O) groups excluding carboxylic acids is 1. The molecule has 0 spiro atoms. The molecule has 0 heterocycles. The summed E-state index contributed by atoms with van der Waals surface area (Å²) in [5, 5.41) is 2.95. The minimum atomic E-state index is -3.68. The summed E-state index contributed by atoms with van der Waals surface area (Å²) in [4.78, 5) is 14.8. The van der Waals surface area contributed by atoms with Crippen molar-refractivity contribution in [3.05, 3.63) is 90.0 Å². The van der Waals surface area contributed by atoms with Crippen molar-refractivity contribution in [2.24, 2.45) is 0 Å². The zero-order valence-electron chi connectivity index (χ0n) is 18.3. The van der Waals surface area contributed by atoms with Crippen LogP contribution >= 0.6 is 0 Å². The molecule has 0 saturated carbocycles. The molecule has 1 atom stereocenters. The third-order valence-electron chi connectivity index (χ3n) is 5.03. The van der Waals surface area contributed by atoms with Gasteiger partial charge in [-0.3, -0.25) is 9.52 Å². The maximum atomic E-state index is 12.6. The van der Waals surface area contributed by atoms with Crippen molar-refractivity contribution in [1.29, 1.82) is 0 Å². The van der Waals surface area contributed by atoms with Gasteiger partial charge in [0.05, 0.1) is 18.0 Å². The first-order valence-corrected chi connectivity index (χ1v) is 11.5. The first-order valence-electron chi connectivity index (χ1n) is 10.1. The molecule has 1 amide bonds. The van der Waals surface area contributed by atoms with Gasteiger partial charge in [0.15, 0.2) is 0 Å². The fraction of sp³-hybridized carbons (Fsp3) is 0.208. The number of methoxy groups -OCH3 is 1. The maximum Gasteiger partial charge on any atom is 0.261 e. The first-order chi connectivity index (χ1) is 15.3. The number of ether oxygens (including phenoxy) is 1. The molecular formula is C24H27N3O4S. The molecule has 168 valence electrons. The quantitative estimate of drug-likeness (QED) is 0.518. The molecule has 3 aromatic carbocycles. The molecule has 8 heteroatoms. The summed E-state index contributed by atoms with van der Waals surface area (Å²) >= 11 is 0. The minimum Gasteiger partial charge on any atom is -0.497 e. The van der Waals surface area contributed by atoms with Crippen LogP contribution < -0.4 is 14.8 Å². The van der Waals surface area contributed by atoms with Crippen LogP contribution in [0.5, 0.6) is 5.75 Å². The fourth-order valence-corrected chi connectivity index (χ4v) is 4.30. The van der Waals surface area contributed by atoms with Gasteiger partial charge in [0.25, 0.3) is 15.9 Å². The molecule has 0 aliphatic heterocycles. The summed E-state index contributed by atoms with van der Waals surface area (Å²) in [6.07, 6.45) is 0. The van der Waals surface area contributed by atoms with Gasteiger partial charge in [-0.15, -0.1) is 0 Å². The van der Waals surface area contributed by atoms with E-state index in [1.54, 1.807) is 49.6 Å². The summed E-state index contributed by atoms with van der Waals surface area (Å²) in [5.74, 6) is 0.543. The molecule has 3 rings (SSSR count). The molecule has 0 aromatic heterocycles. The molecule has 0 saturated heterocycles. The van der Waals surface area contributed by atoms with E-state index in [0.29, 0.717) is 17.8 Å². The highest BCUT2D eigenvalue weighted by molar-refractivity contribution is 7.92. The lowest BCUT2D eigenvalue weighted by molar-refractivity contribution is 0.0942. The average molecular weight is 454 g/mol. The molecular weight excluding hydrogens is 426 g/mol. The first kappa shape index (κ1) is 23.3. The average Bonchev–Trinajstić information content (AvgIpc) is 2.80. The summed E-state index contributed by atoms with van der Waals surface area (Å²) in [7, 11) is 1.85. The van der Waals surface area contributed by atoms with Crippen molar-refractivity contribution in [2.45, 2.75) is 10.9 Å². The van der Waals surface area contributed by atoms with Gasteiger partial charge in [0, 0.05) is 17.8 Å². The zero-order valence-corrected chi connectivity index (χ0v) is 19.1. The molecule has 32 heavy (non-hydrogen) atoms. The van der Waals surface area contributed by atoms with E-state index < -0.39 is 10.0 Å². The van der Waals surface area contributed by atoms with Gasteiger partial charge in [-0.25, -0.2) is 8.42 Å². The third kappa shape index (κ3) is 5.87. The third-order valence-corrected chi connectivity index (χ3v) is 6.43. The molecule has 0 bridgehead atoms. The number of carbonyl (C=O) groups is 1. The number of nitrogens with one attached hydrogen (secondary N) is 2. The normalized spacial score (nSPS) is 12.2. The highest BCUT2D eigenvalue weighted by Crippen LogP contribution is 2.21. The Morgan fingerprint density at radius 3 is 2.12 bits per heavy atom. The SMILES string of the molecule is COc1ccc([C@@H](CNC(=O)c2ccc(NS(=O)(=O)c3ccccc3)cc2)N(C)C)cc1. The van der Waals surface area contributed by atoms with Crippen LogP contribution in [0.2, 0.25) is 0 Å². The van der Waals surface area contributed by atoms with Crippen LogP contribution in [0.4, 0.5) is 5.69 Å². The lowest BCUT2D eigenvalue weighted by Crippen LogP contribution is -2.34. The van der Waals surface area contributed by atoms with E-state index >= 15 is 0 Å². The highest BCUT2D eigenvalue weighted by Gasteiger charge is 2.17. The Morgan fingerprint density at radius 2 is 1.56 bits per heavy atom. The highest BCUT2D eigenvalue weighted by atomic mass is 32.2. The van der Waals surface area contributed by atoms with Crippen molar-refractivity contribution < 1.29 is 17.9 Å². The monoisotopic (exact) mass is 453 g/mol. The minimum absolute atomic E-state index is 0.0122. The lowest BCUT2D eigenvalue weighted by atomic mass is 10.1. The Hall–Kier alpha value is -3.36. The van der Waals surface area contributed by atoms with E-state index in [-0.39, 0.29) is 16.8 Å². The summed E-state index contributed by atoms with van der Waals surface area (Å²) < 4.78 is 32.6. The maximum absolute atomic E-state index is 12.6. The van der Waals surface area contributed by atoms with E-state index in [1.807, 2.05) is 43.3 Å². The second kappa shape index (κ2) is 10.3. The van der Waals surface area contributed by atoms with Gasteiger partial charge < -0.3 is 15.0 Å². The molecule has 0 unspecified atom stereocenters. The number of hydrogen-bond donors (Lipinski definition) is 2. The van der Waals surface area contributed by atoms with Gasteiger partial charge in [-0.1, -0.05) is 30.3 Å². The Bertz CT molecular complexity index is 1130. The van der Waals surface area contributed by atoms with E-state index in [1.165, 1.54) is 12.1 Å². The van der Waals surface area contributed by atoms with Gasteiger partial charge in [0.1, 0.15) is 5.75 Å². The van der Waals surface area contributed by atoms with Crippen LogP contribution in [0.3, 0.4) is 0 Å². The molecule has 0 fully saturated rings. The molecule has 7 nitrogen and oxygen atoms in total. The van der Waals surface area contributed by atoms with E-state index in [9.17, 15) is 13.2 Å². The second-order valence-corrected chi connectivity index (χ2v) is 9.14. The number of nitrogens with zero attached hydrogens (tertiary/aromatic N) is 1. The standard InChI is InChI=1S/C24H27N3O4S/c1-27(2)23(18-11-15-21(31-3)16-12-18)17-25-24(28)19-9-13-20(14-10-19)26-32(29,30)22-7-5-4-6-8-22/h4-16,23,26H,17H2,1-3H3,(H,25,28)/t23-/m1/s1. The zero-order chi connectivity index (χ0) is 23.1. The summed E-state index contributed by atoms with van der Waals surface area (Å²) in [6.45, 7) is 0.417. The number of sulfonamides is 1. The van der Waals surface area contributed by atoms with Crippen LogP contribution in [-0.4, -0.2) is 47.0 Å². The predicted octanol–water partition coefficient (Wildman–Crippen LogP) is 3.53. The van der Waals surface area contributed by atoms with Crippen LogP contribution in [0.1, 0.15) is 22.0 Å².